The molecule has 1 aromatic carbocycles. The van der Waals surface area contributed by atoms with Gasteiger partial charge < -0.3 is 4.90 Å². The maximum atomic E-state index is 12.4. The topological polar surface area (TPSA) is 65.0 Å². The number of anilines is 1. The van der Waals surface area contributed by atoms with Crippen molar-refractivity contribution < 1.29 is 9.59 Å². The number of halogens is 2. The van der Waals surface area contributed by atoms with Gasteiger partial charge in [0.25, 0.3) is 0 Å². The summed E-state index contributed by atoms with van der Waals surface area (Å²) in [6.45, 7) is 4.47. The van der Waals surface area contributed by atoms with Crippen LogP contribution >= 0.6 is 23.2 Å². The Kier molecular flexibility index (Phi) is 4.44. The van der Waals surface area contributed by atoms with Crippen molar-refractivity contribution in [2.24, 2.45) is 10.4 Å². The second-order valence-corrected chi connectivity index (χ2v) is 6.72. The lowest BCUT2D eigenvalue weighted by Crippen LogP contribution is -2.67. The zero-order valence-electron chi connectivity index (χ0n) is 13.5. The van der Waals surface area contributed by atoms with Gasteiger partial charge in [0.05, 0.1) is 10.7 Å². The predicted molar refractivity (Wildman–Crippen MR) is 94.5 cm³/mol. The number of nitrogens with zero attached hydrogens (tertiary/aromatic N) is 3. The summed E-state index contributed by atoms with van der Waals surface area (Å²) in [7, 11) is 0. The van der Waals surface area contributed by atoms with E-state index in [1.54, 1.807) is 18.2 Å². The maximum absolute atomic E-state index is 12.4. The molecule has 0 unspecified atom stereocenters. The third kappa shape index (κ3) is 2.54. The highest BCUT2D eigenvalue weighted by molar-refractivity contribution is 6.36. The van der Waals surface area contributed by atoms with E-state index in [1.165, 1.54) is 4.90 Å². The number of carbonyl (C=O) groups excluding carboxylic acids is 2. The van der Waals surface area contributed by atoms with E-state index in [2.05, 4.69) is 10.3 Å². The third-order valence-corrected chi connectivity index (χ3v) is 5.28. The molecule has 1 aromatic rings. The van der Waals surface area contributed by atoms with Crippen LogP contribution in [0.25, 0.3) is 0 Å². The van der Waals surface area contributed by atoms with Gasteiger partial charge in [0.1, 0.15) is 24.6 Å². The van der Waals surface area contributed by atoms with Gasteiger partial charge in [-0.15, -0.1) is 0 Å². The highest BCUT2D eigenvalue weighted by Gasteiger charge is 2.50. The van der Waals surface area contributed by atoms with Crippen molar-refractivity contribution in [1.82, 2.24) is 10.2 Å². The van der Waals surface area contributed by atoms with Crippen LogP contribution in [0.4, 0.5) is 10.5 Å². The lowest BCUT2D eigenvalue weighted by Gasteiger charge is -2.46. The predicted octanol–water partition coefficient (Wildman–Crippen LogP) is 3.49. The molecule has 0 atom stereocenters. The maximum Gasteiger partial charge on any atom is 0.331 e. The minimum absolute atomic E-state index is 0.273. The molecule has 1 fully saturated rings. The van der Waals surface area contributed by atoms with Crippen LogP contribution < -0.4 is 10.2 Å². The number of aliphatic imine (C=N–C) groups is 1. The zero-order valence-corrected chi connectivity index (χ0v) is 15.0. The van der Waals surface area contributed by atoms with Crippen LogP contribution in [0, 0.1) is 5.41 Å². The molecule has 0 radical (unpaired) electrons. The molecule has 3 rings (SSSR count). The number of amides is 3. The fraction of sp³-hybridized carbons (Fsp3) is 0.438. The van der Waals surface area contributed by atoms with Gasteiger partial charge in [0, 0.05) is 5.02 Å². The van der Waals surface area contributed by atoms with Crippen molar-refractivity contribution in [3.63, 3.8) is 0 Å². The third-order valence-electron chi connectivity index (χ3n) is 4.74. The second-order valence-electron chi connectivity index (χ2n) is 5.88. The monoisotopic (exact) mass is 368 g/mol. The molecule has 128 valence electrons. The SMILES string of the molecule is CCC1(CC)C(=O)NC(=O)N2CN(c3ccc(Cl)cc3Cl)CN=C21. The molecule has 2 aliphatic rings. The lowest BCUT2D eigenvalue weighted by molar-refractivity contribution is -0.128. The Morgan fingerprint density at radius 1 is 1.25 bits per heavy atom. The Balaban J connectivity index is 1.99. The van der Waals surface area contributed by atoms with E-state index in [4.69, 9.17) is 23.2 Å². The van der Waals surface area contributed by atoms with E-state index in [1.807, 2.05) is 18.7 Å². The van der Waals surface area contributed by atoms with Gasteiger partial charge in [-0.3, -0.25) is 15.0 Å². The standard InChI is InChI=1S/C16H18Cl2N4O2/c1-3-16(4-2)13-19-8-21(9-22(13)15(24)20-14(16)23)12-6-5-10(17)7-11(12)18/h5-7H,3-4,8-9H2,1-2H3,(H,20,23,24). The van der Waals surface area contributed by atoms with E-state index in [0.717, 1.165) is 5.69 Å². The number of carbonyl (C=O) groups is 2. The number of hydrogen-bond acceptors (Lipinski definition) is 4. The molecule has 3 amide bonds. The Labute approximate surface area is 150 Å². The number of fused-ring (bicyclic) bond motifs is 1. The van der Waals surface area contributed by atoms with E-state index in [-0.39, 0.29) is 12.6 Å². The quantitative estimate of drug-likeness (QED) is 0.887. The first kappa shape index (κ1) is 17.0. The Hall–Kier alpha value is -1.79. The minimum Gasteiger partial charge on any atom is -0.332 e. The highest BCUT2D eigenvalue weighted by Crippen LogP contribution is 2.36. The first-order valence-corrected chi connectivity index (χ1v) is 8.56. The molecule has 1 N–H and O–H groups in total. The fourth-order valence-electron chi connectivity index (χ4n) is 3.25. The summed E-state index contributed by atoms with van der Waals surface area (Å²) in [4.78, 5) is 32.7. The van der Waals surface area contributed by atoms with E-state index < -0.39 is 11.4 Å². The van der Waals surface area contributed by atoms with Crippen molar-refractivity contribution in [2.75, 3.05) is 18.2 Å². The zero-order chi connectivity index (χ0) is 17.5. The Morgan fingerprint density at radius 2 is 1.96 bits per heavy atom. The van der Waals surface area contributed by atoms with Gasteiger partial charge in [-0.05, 0) is 31.0 Å². The van der Waals surface area contributed by atoms with Crippen LogP contribution in [-0.4, -0.2) is 36.0 Å². The van der Waals surface area contributed by atoms with Crippen LogP contribution in [-0.2, 0) is 4.79 Å². The number of urea groups is 1. The van der Waals surface area contributed by atoms with E-state index in [0.29, 0.717) is 35.4 Å². The molecule has 6 nitrogen and oxygen atoms in total. The molecule has 24 heavy (non-hydrogen) atoms. The van der Waals surface area contributed by atoms with Crippen molar-refractivity contribution in [3.05, 3.63) is 28.2 Å². The van der Waals surface area contributed by atoms with Gasteiger partial charge in [-0.1, -0.05) is 37.0 Å². The largest absolute Gasteiger partial charge is 0.332 e. The molecule has 8 heteroatoms. The molecule has 0 spiro atoms. The molecule has 2 heterocycles. The summed E-state index contributed by atoms with van der Waals surface area (Å²) >= 11 is 12.2. The summed E-state index contributed by atoms with van der Waals surface area (Å²) in [5.74, 6) is 0.271. The Morgan fingerprint density at radius 3 is 2.58 bits per heavy atom. The summed E-state index contributed by atoms with van der Waals surface area (Å²) in [5, 5.41) is 3.49. The van der Waals surface area contributed by atoms with Gasteiger partial charge in [-0.2, -0.15) is 0 Å². The number of nitrogens with one attached hydrogen (secondary N) is 1. The van der Waals surface area contributed by atoms with E-state index in [9.17, 15) is 9.59 Å². The van der Waals surface area contributed by atoms with Crippen LogP contribution in [0.1, 0.15) is 26.7 Å². The van der Waals surface area contributed by atoms with Crippen molar-refractivity contribution in [3.8, 4) is 0 Å². The average molecular weight is 369 g/mol. The molecule has 0 saturated carbocycles. The molecule has 0 aromatic heterocycles. The number of benzene rings is 1. The summed E-state index contributed by atoms with van der Waals surface area (Å²) in [5.41, 5.74) is -0.0174. The van der Waals surface area contributed by atoms with Crippen LogP contribution in [0.15, 0.2) is 23.2 Å². The normalized spacial score (nSPS) is 19.8. The molecule has 1 saturated heterocycles. The molecular formula is C16H18Cl2N4O2. The summed E-state index contributed by atoms with van der Waals surface area (Å²) in [6.07, 6.45) is 1.17. The smallest absolute Gasteiger partial charge is 0.331 e. The number of hydrogen-bond donors (Lipinski definition) is 1. The second kappa shape index (κ2) is 6.26. The number of rotatable bonds is 3. The van der Waals surface area contributed by atoms with Gasteiger partial charge in [-0.25, -0.2) is 9.79 Å². The van der Waals surface area contributed by atoms with Crippen molar-refractivity contribution >= 4 is 46.7 Å². The molecule has 0 aliphatic carbocycles. The molecule has 0 bridgehead atoms. The Bertz CT molecular complexity index is 731. The van der Waals surface area contributed by atoms with Crippen molar-refractivity contribution in [2.45, 2.75) is 26.7 Å². The molecular weight excluding hydrogens is 351 g/mol. The van der Waals surface area contributed by atoms with Crippen LogP contribution in [0.5, 0.6) is 0 Å². The minimum atomic E-state index is -0.760. The van der Waals surface area contributed by atoms with Crippen LogP contribution in [0.2, 0.25) is 10.0 Å². The highest BCUT2D eigenvalue weighted by atomic mass is 35.5. The number of imide groups is 1. The summed E-state index contributed by atoms with van der Waals surface area (Å²) < 4.78 is 0. The average Bonchev–Trinajstić information content (AvgIpc) is 2.56. The molecule has 2 aliphatic heterocycles. The van der Waals surface area contributed by atoms with E-state index >= 15 is 0 Å². The first-order chi connectivity index (χ1) is 11.4. The fourth-order valence-corrected chi connectivity index (χ4v) is 3.78. The summed E-state index contributed by atoms with van der Waals surface area (Å²) in [6, 6.07) is 4.74. The van der Waals surface area contributed by atoms with Crippen molar-refractivity contribution in [1.29, 1.82) is 0 Å². The van der Waals surface area contributed by atoms with Gasteiger partial charge >= 0.3 is 6.03 Å². The van der Waals surface area contributed by atoms with Gasteiger partial charge in [0.15, 0.2) is 0 Å². The number of amidine groups is 1. The lowest BCUT2D eigenvalue weighted by atomic mass is 9.78. The van der Waals surface area contributed by atoms with Gasteiger partial charge in [0.2, 0.25) is 5.91 Å². The van der Waals surface area contributed by atoms with Crippen LogP contribution in [0.3, 0.4) is 0 Å². The first-order valence-electron chi connectivity index (χ1n) is 7.80.